The highest BCUT2D eigenvalue weighted by atomic mass is 16.5. The minimum atomic E-state index is -0.700. The zero-order chi connectivity index (χ0) is 26.2. The second-order valence-corrected chi connectivity index (χ2v) is 8.99. The van der Waals surface area contributed by atoms with Crippen molar-refractivity contribution in [3.05, 3.63) is 107 Å². The number of carbonyl (C=O) groups excluding carboxylic acids is 1. The van der Waals surface area contributed by atoms with Gasteiger partial charge in [-0.15, -0.1) is 10.2 Å². The topological polar surface area (TPSA) is 104 Å². The number of hydrogen-bond acceptors (Lipinski definition) is 7. The van der Waals surface area contributed by atoms with Crippen LogP contribution in [0.1, 0.15) is 30.9 Å². The van der Waals surface area contributed by atoms with Gasteiger partial charge in [0.1, 0.15) is 11.7 Å². The van der Waals surface area contributed by atoms with Crippen LogP contribution in [0.5, 0.6) is 0 Å². The number of benzene rings is 2. The predicted octanol–water partition coefficient (Wildman–Crippen LogP) is 4.36. The number of ether oxygens (including phenoxy) is 1. The summed E-state index contributed by atoms with van der Waals surface area (Å²) in [5, 5.41) is 8.91. The van der Waals surface area contributed by atoms with Gasteiger partial charge in [0, 0.05) is 35.2 Å². The Morgan fingerprint density at radius 2 is 1.71 bits per heavy atom. The van der Waals surface area contributed by atoms with Gasteiger partial charge in [-0.1, -0.05) is 48.5 Å². The normalized spacial score (nSPS) is 16.6. The van der Waals surface area contributed by atoms with Crippen molar-refractivity contribution in [2.75, 3.05) is 6.61 Å². The maximum Gasteiger partial charge on any atom is 0.341 e. The van der Waals surface area contributed by atoms with Crippen LogP contribution in [0.25, 0.3) is 22.7 Å². The molecular weight excluding hydrogens is 480 g/mol. The first-order valence-electron chi connectivity index (χ1n) is 12.4. The third-order valence-corrected chi connectivity index (χ3v) is 6.75. The van der Waals surface area contributed by atoms with Crippen molar-refractivity contribution < 1.29 is 9.53 Å². The molecule has 0 aliphatic carbocycles. The highest BCUT2D eigenvalue weighted by Gasteiger charge is 2.42. The summed E-state index contributed by atoms with van der Waals surface area (Å²) in [5.41, 5.74) is 3.33. The molecule has 9 nitrogen and oxygen atoms in total. The molecule has 0 saturated carbocycles. The Kier molecular flexibility index (Phi) is 5.88. The summed E-state index contributed by atoms with van der Waals surface area (Å²) < 4.78 is 8.55. The minimum Gasteiger partial charge on any atom is -0.465 e. The van der Waals surface area contributed by atoms with Gasteiger partial charge in [-0.2, -0.15) is 0 Å². The van der Waals surface area contributed by atoms with Crippen LogP contribution in [0, 0.1) is 5.92 Å². The first-order valence-corrected chi connectivity index (χ1v) is 12.4. The van der Waals surface area contributed by atoms with Gasteiger partial charge in [0.15, 0.2) is 11.5 Å². The minimum absolute atomic E-state index is 0.242. The molecule has 0 spiro atoms. The van der Waals surface area contributed by atoms with E-state index in [9.17, 15) is 9.59 Å². The zero-order valence-electron chi connectivity index (χ0n) is 20.9. The monoisotopic (exact) mass is 504 g/mol. The van der Waals surface area contributed by atoms with Crippen LogP contribution < -0.4 is 5.69 Å². The molecule has 0 fully saturated rings. The largest absolute Gasteiger partial charge is 0.465 e. The van der Waals surface area contributed by atoms with Gasteiger partial charge in [0.2, 0.25) is 0 Å². The van der Waals surface area contributed by atoms with E-state index in [1.54, 1.807) is 36.9 Å². The van der Waals surface area contributed by atoms with Crippen molar-refractivity contribution in [1.29, 1.82) is 0 Å². The fourth-order valence-corrected chi connectivity index (χ4v) is 5.13. The predicted molar refractivity (Wildman–Crippen MR) is 143 cm³/mol. The Morgan fingerprint density at radius 3 is 2.39 bits per heavy atom. The molecule has 4 heterocycles. The number of aromatic nitrogens is 5. The Morgan fingerprint density at radius 1 is 0.974 bits per heavy atom. The number of esters is 1. The standard InChI is InChI=1S/C29H24N6O3/c1-3-38-28(36)22-18(2)31-26-24(23(22)19-11-6-4-7-12-19)27-33-32-25(20-13-10-16-30-17-20)35(27)29(37)34(26)21-14-8-5-9-15-21/h4-17,22-23H,3H2,1-2H3. The fraction of sp³-hybridized carbons (Fsp3) is 0.172. The Bertz CT molecular complexity index is 1730. The molecule has 188 valence electrons. The molecule has 5 aromatic rings. The summed E-state index contributed by atoms with van der Waals surface area (Å²) >= 11 is 0. The van der Waals surface area contributed by atoms with Crippen molar-refractivity contribution in [3.63, 3.8) is 0 Å². The van der Waals surface area contributed by atoms with Crippen LogP contribution in [0.4, 0.5) is 5.82 Å². The van der Waals surface area contributed by atoms with E-state index >= 15 is 0 Å². The maximum atomic E-state index is 14.2. The molecule has 1 aliphatic rings. The van der Waals surface area contributed by atoms with Crippen molar-refractivity contribution in [2.45, 2.75) is 19.8 Å². The van der Waals surface area contributed by atoms with E-state index < -0.39 is 11.8 Å². The molecule has 2 aromatic carbocycles. The van der Waals surface area contributed by atoms with E-state index in [4.69, 9.17) is 9.73 Å². The Balaban J connectivity index is 1.77. The number of para-hydroxylation sites is 1. The molecular formula is C29H24N6O3. The second-order valence-electron chi connectivity index (χ2n) is 8.99. The van der Waals surface area contributed by atoms with Gasteiger partial charge in [0.25, 0.3) is 0 Å². The second kappa shape index (κ2) is 9.51. The van der Waals surface area contributed by atoms with Gasteiger partial charge in [-0.3, -0.25) is 9.78 Å². The smallest absolute Gasteiger partial charge is 0.341 e. The lowest BCUT2D eigenvalue weighted by Gasteiger charge is -2.32. The summed E-state index contributed by atoms with van der Waals surface area (Å²) in [6, 6.07) is 22.6. The van der Waals surface area contributed by atoms with Gasteiger partial charge < -0.3 is 4.74 Å². The number of hydrogen-bond donors (Lipinski definition) is 0. The van der Waals surface area contributed by atoms with E-state index in [0.717, 1.165) is 5.56 Å². The van der Waals surface area contributed by atoms with E-state index in [0.29, 0.717) is 39.8 Å². The first-order chi connectivity index (χ1) is 18.6. The average Bonchev–Trinajstić information content (AvgIpc) is 3.40. The molecule has 9 heteroatoms. The van der Waals surface area contributed by atoms with Crippen molar-refractivity contribution >= 4 is 23.1 Å². The third kappa shape index (κ3) is 3.71. The number of rotatable bonds is 5. The van der Waals surface area contributed by atoms with E-state index in [2.05, 4.69) is 15.2 Å². The molecule has 2 unspecified atom stereocenters. The zero-order valence-corrected chi connectivity index (χ0v) is 20.9. The molecule has 0 radical (unpaired) electrons. The van der Waals surface area contributed by atoms with Crippen molar-refractivity contribution in [3.8, 4) is 17.1 Å². The number of pyridine rings is 1. The number of carbonyl (C=O) groups is 1. The molecule has 2 atom stereocenters. The molecule has 3 aromatic heterocycles. The van der Waals surface area contributed by atoms with Gasteiger partial charge >= 0.3 is 11.7 Å². The molecule has 0 N–H and O–H groups in total. The van der Waals surface area contributed by atoms with Crippen LogP contribution in [0.15, 0.2) is 95.0 Å². The van der Waals surface area contributed by atoms with Crippen molar-refractivity contribution in [1.82, 2.24) is 24.1 Å². The van der Waals surface area contributed by atoms with Gasteiger partial charge in [-0.25, -0.2) is 18.8 Å². The van der Waals surface area contributed by atoms with Crippen LogP contribution in [0.3, 0.4) is 0 Å². The molecule has 6 rings (SSSR count). The molecule has 0 saturated heterocycles. The SMILES string of the molecule is CCOC(=O)C1C(C)=Nc2c(c3nnc(-c4cccnc4)n3c(=O)n2-c2ccccc2)C1c1ccccc1. The lowest BCUT2D eigenvalue weighted by Crippen LogP contribution is -2.37. The lowest BCUT2D eigenvalue weighted by molar-refractivity contribution is -0.146. The van der Waals surface area contributed by atoms with Crippen LogP contribution >= 0.6 is 0 Å². The number of aliphatic imine (C=N–C) groups is 1. The number of fused-ring (bicyclic) bond motifs is 3. The first kappa shape index (κ1) is 23.5. The van der Waals surface area contributed by atoms with Crippen molar-refractivity contribution in [2.24, 2.45) is 10.9 Å². The van der Waals surface area contributed by atoms with Crippen LogP contribution in [-0.2, 0) is 9.53 Å². The molecule has 0 bridgehead atoms. The van der Waals surface area contributed by atoms with Gasteiger partial charge in [0.05, 0.1) is 12.3 Å². The quantitative estimate of drug-likeness (QED) is 0.330. The Labute approximate surface area is 218 Å². The fourth-order valence-electron chi connectivity index (χ4n) is 5.13. The average molecular weight is 505 g/mol. The summed E-state index contributed by atoms with van der Waals surface area (Å²) in [5.74, 6) is -0.807. The van der Waals surface area contributed by atoms with Crippen LogP contribution in [-0.4, -0.2) is 42.4 Å². The van der Waals surface area contributed by atoms with E-state index in [1.807, 2.05) is 66.7 Å². The highest BCUT2D eigenvalue weighted by Crippen LogP contribution is 2.45. The molecule has 0 amide bonds. The lowest BCUT2D eigenvalue weighted by atomic mass is 9.77. The molecule has 38 heavy (non-hydrogen) atoms. The number of nitrogens with zero attached hydrogens (tertiary/aromatic N) is 6. The summed E-state index contributed by atoms with van der Waals surface area (Å²) in [4.78, 5) is 36.6. The maximum absolute atomic E-state index is 14.2. The highest BCUT2D eigenvalue weighted by molar-refractivity contribution is 6.05. The Hall–Kier alpha value is -4.92. The summed E-state index contributed by atoms with van der Waals surface area (Å²) in [6.07, 6.45) is 3.30. The summed E-state index contributed by atoms with van der Waals surface area (Å²) in [7, 11) is 0. The molecule has 1 aliphatic heterocycles. The third-order valence-electron chi connectivity index (χ3n) is 6.75. The summed E-state index contributed by atoms with van der Waals surface area (Å²) in [6.45, 7) is 3.82. The van der Waals surface area contributed by atoms with E-state index in [-0.39, 0.29) is 18.3 Å². The van der Waals surface area contributed by atoms with Gasteiger partial charge in [-0.05, 0) is 43.7 Å². The van der Waals surface area contributed by atoms with Crippen LogP contribution in [0.2, 0.25) is 0 Å². The van der Waals surface area contributed by atoms with E-state index in [1.165, 1.54) is 4.40 Å².